The van der Waals surface area contributed by atoms with Crippen molar-refractivity contribution in [2.75, 3.05) is 5.32 Å². The zero-order chi connectivity index (χ0) is 18.1. The van der Waals surface area contributed by atoms with Crippen LogP contribution in [0.3, 0.4) is 0 Å². The van der Waals surface area contributed by atoms with Crippen LogP contribution in [-0.4, -0.2) is 25.2 Å². The van der Waals surface area contributed by atoms with Crippen molar-refractivity contribution in [2.24, 2.45) is 0 Å². The zero-order valence-corrected chi connectivity index (χ0v) is 14.6. The van der Waals surface area contributed by atoms with Gasteiger partial charge < -0.3 is 5.32 Å². The maximum absolute atomic E-state index is 12.2. The molecule has 3 heterocycles. The van der Waals surface area contributed by atoms with Gasteiger partial charge in [-0.2, -0.15) is 5.10 Å². The Balaban J connectivity index is 1.46. The van der Waals surface area contributed by atoms with Crippen molar-refractivity contribution in [1.29, 1.82) is 0 Å². The molecule has 7 heteroatoms. The van der Waals surface area contributed by atoms with Crippen LogP contribution in [0.4, 0.5) is 5.82 Å². The Morgan fingerprint density at radius 1 is 1.04 bits per heavy atom. The predicted molar refractivity (Wildman–Crippen MR) is 99.6 cm³/mol. The molecule has 0 aliphatic heterocycles. The van der Waals surface area contributed by atoms with Gasteiger partial charge >= 0.3 is 0 Å². The van der Waals surface area contributed by atoms with Crippen LogP contribution in [0, 0.1) is 6.92 Å². The highest BCUT2D eigenvalue weighted by atomic mass is 16.1. The molecule has 4 rings (SSSR count). The highest BCUT2D eigenvalue weighted by Gasteiger charge is 2.24. The summed E-state index contributed by atoms with van der Waals surface area (Å²) in [6, 6.07) is 10.7. The van der Waals surface area contributed by atoms with Gasteiger partial charge in [-0.1, -0.05) is 6.07 Å². The van der Waals surface area contributed by atoms with Gasteiger partial charge in [-0.25, -0.2) is 9.67 Å². The minimum Gasteiger partial charge on any atom is -0.367 e. The smallest absolute Gasteiger partial charge is 0.267 e. The molecule has 0 radical (unpaired) electrons. The second-order valence-corrected chi connectivity index (χ2v) is 6.82. The van der Waals surface area contributed by atoms with Crippen LogP contribution < -0.4 is 16.4 Å². The average Bonchev–Trinajstić information content (AvgIpc) is 2.64. The fraction of sp³-hybridized carbons (Fsp3) is 0.368. The number of pyridine rings is 1. The number of nitrogens with one attached hydrogen (secondary N) is 1. The fourth-order valence-corrected chi connectivity index (χ4v) is 3.58. The van der Waals surface area contributed by atoms with Crippen LogP contribution in [0.5, 0.6) is 0 Å². The summed E-state index contributed by atoms with van der Waals surface area (Å²) in [5.74, 6) is 0.607. The summed E-state index contributed by atoms with van der Waals surface area (Å²) in [5, 5.41) is 7.76. The van der Waals surface area contributed by atoms with Crippen molar-refractivity contribution >= 4 is 11.5 Å². The first-order valence-electron chi connectivity index (χ1n) is 8.91. The van der Waals surface area contributed by atoms with Crippen molar-refractivity contribution in [3.63, 3.8) is 0 Å². The molecule has 7 nitrogen and oxygen atoms in total. The van der Waals surface area contributed by atoms with Gasteiger partial charge in [-0.3, -0.25) is 14.0 Å². The standard InChI is InChI=1S/C19H21N5O2/c1-13-5-10-18(25)24(22-13)15-8-6-14(7-9-15)20-16-12-19(26)23-11-3-2-4-17(23)21-16/h2-5,10-12,14-15,20H,6-9H2,1H3. The summed E-state index contributed by atoms with van der Waals surface area (Å²) in [6.45, 7) is 1.90. The Kier molecular flexibility index (Phi) is 4.28. The Hall–Kier alpha value is -2.96. The van der Waals surface area contributed by atoms with Gasteiger partial charge in [0.15, 0.2) is 0 Å². The third-order valence-corrected chi connectivity index (χ3v) is 4.92. The molecule has 1 aliphatic rings. The van der Waals surface area contributed by atoms with Crippen LogP contribution in [0.25, 0.3) is 5.65 Å². The summed E-state index contributed by atoms with van der Waals surface area (Å²) >= 11 is 0. The second-order valence-electron chi connectivity index (χ2n) is 6.82. The van der Waals surface area contributed by atoms with E-state index in [9.17, 15) is 9.59 Å². The number of rotatable bonds is 3. The molecule has 0 saturated heterocycles. The monoisotopic (exact) mass is 351 g/mol. The SMILES string of the molecule is Cc1ccc(=O)n(C2CCC(Nc3cc(=O)n4ccccc4n3)CC2)n1. The highest BCUT2D eigenvalue weighted by Crippen LogP contribution is 2.28. The van der Waals surface area contributed by atoms with Crippen LogP contribution in [-0.2, 0) is 0 Å². The molecule has 26 heavy (non-hydrogen) atoms. The quantitative estimate of drug-likeness (QED) is 0.782. The van der Waals surface area contributed by atoms with E-state index in [0.29, 0.717) is 11.5 Å². The van der Waals surface area contributed by atoms with E-state index in [-0.39, 0.29) is 23.2 Å². The molecule has 1 N–H and O–H groups in total. The van der Waals surface area contributed by atoms with E-state index >= 15 is 0 Å². The average molecular weight is 351 g/mol. The van der Waals surface area contributed by atoms with Crippen molar-refractivity contribution < 1.29 is 0 Å². The normalized spacial score (nSPS) is 20.2. The van der Waals surface area contributed by atoms with Crippen LogP contribution in [0.1, 0.15) is 37.4 Å². The molecule has 1 aliphatic carbocycles. The molecule has 0 amide bonds. The molecule has 134 valence electrons. The van der Waals surface area contributed by atoms with Crippen molar-refractivity contribution in [2.45, 2.75) is 44.7 Å². The molecule has 0 bridgehead atoms. The van der Waals surface area contributed by atoms with Gasteiger partial charge in [-0.15, -0.1) is 0 Å². The lowest BCUT2D eigenvalue weighted by molar-refractivity contribution is 0.302. The molecule has 0 aromatic carbocycles. The number of hydrogen-bond acceptors (Lipinski definition) is 5. The molecule has 0 atom stereocenters. The third kappa shape index (κ3) is 3.24. The van der Waals surface area contributed by atoms with E-state index in [0.717, 1.165) is 31.4 Å². The topological polar surface area (TPSA) is 81.3 Å². The van der Waals surface area contributed by atoms with Crippen LogP contribution in [0.2, 0.25) is 0 Å². The predicted octanol–water partition coefficient (Wildman–Crippen LogP) is 2.16. The largest absolute Gasteiger partial charge is 0.367 e. The molecular formula is C19H21N5O2. The maximum atomic E-state index is 12.2. The Morgan fingerprint density at radius 3 is 2.65 bits per heavy atom. The zero-order valence-electron chi connectivity index (χ0n) is 14.6. The number of fused-ring (bicyclic) bond motifs is 1. The van der Waals surface area contributed by atoms with Gasteiger partial charge in [-0.05, 0) is 50.8 Å². The first-order valence-corrected chi connectivity index (χ1v) is 8.91. The number of anilines is 1. The van der Waals surface area contributed by atoms with Crippen molar-refractivity contribution in [3.05, 3.63) is 69.0 Å². The first-order chi connectivity index (χ1) is 12.6. The van der Waals surface area contributed by atoms with Gasteiger partial charge in [0.1, 0.15) is 11.5 Å². The van der Waals surface area contributed by atoms with Crippen LogP contribution >= 0.6 is 0 Å². The van der Waals surface area contributed by atoms with Gasteiger partial charge in [0, 0.05) is 24.4 Å². The van der Waals surface area contributed by atoms with E-state index in [4.69, 9.17) is 0 Å². The molecule has 3 aromatic heterocycles. The van der Waals surface area contributed by atoms with Gasteiger partial charge in [0.2, 0.25) is 0 Å². The van der Waals surface area contributed by atoms with Crippen LogP contribution in [0.15, 0.2) is 52.2 Å². The fourth-order valence-electron chi connectivity index (χ4n) is 3.58. The molecule has 1 saturated carbocycles. The summed E-state index contributed by atoms with van der Waals surface area (Å²) in [5.41, 5.74) is 1.34. The number of aryl methyl sites for hydroxylation is 1. The lowest BCUT2D eigenvalue weighted by Crippen LogP contribution is -2.33. The highest BCUT2D eigenvalue weighted by molar-refractivity contribution is 5.46. The molecule has 0 unspecified atom stereocenters. The third-order valence-electron chi connectivity index (χ3n) is 4.92. The van der Waals surface area contributed by atoms with Crippen molar-refractivity contribution in [3.8, 4) is 0 Å². The van der Waals surface area contributed by atoms with E-state index in [2.05, 4.69) is 15.4 Å². The van der Waals surface area contributed by atoms with E-state index < -0.39 is 0 Å². The Morgan fingerprint density at radius 2 is 1.85 bits per heavy atom. The maximum Gasteiger partial charge on any atom is 0.267 e. The van der Waals surface area contributed by atoms with E-state index in [1.807, 2.05) is 25.1 Å². The van der Waals surface area contributed by atoms with Crippen molar-refractivity contribution in [1.82, 2.24) is 19.2 Å². The van der Waals surface area contributed by atoms with E-state index in [1.54, 1.807) is 23.0 Å². The van der Waals surface area contributed by atoms with Gasteiger partial charge in [0.25, 0.3) is 11.1 Å². The minimum absolute atomic E-state index is 0.0452. The number of nitrogens with zero attached hydrogens (tertiary/aromatic N) is 4. The Bertz CT molecular complexity index is 1050. The molecular weight excluding hydrogens is 330 g/mol. The minimum atomic E-state index is -0.0951. The molecule has 1 fully saturated rings. The summed E-state index contributed by atoms with van der Waals surface area (Å²) < 4.78 is 3.14. The lowest BCUT2D eigenvalue weighted by atomic mass is 9.91. The summed E-state index contributed by atoms with van der Waals surface area (Å²) in [7, 11) is 0. The summed E-state index contributed by atoms with van der Waals surface area (Å²) in [4.78, 5) is 28.7. The lowest BCUT2D eigenvalue weighted by Gasteiger charge is -2.29. The number of aromatic nitrogens is 4. The number of hydrogen-bond donors (Lipinski definition) is 1. The summed E-state index contributed by atoms with van der Waals surface area (Å²) in [6.07, 6.45) is 5.28. The first kappa shape index (κ1) is 16.5. The van der Waals surface area contributed by atoms with Gasteiger partial charge in [0.05, 0.1) is 11.7 Å². The van der Waals surface area contributed by atoms with E-state index in [1.165, 1.54) is 10.5 Å². The Labute approximate surface area is 150 Å². The molecule has 3 aromatic rings. The second kappa shape index (κ2) is 6.74. The molecule has 0 spiro atoms.